The van der Waals surface area contributed by atoms with Gasteiger partial charge in [0.25, 0.3) is 5.91 Å². The highest BCUT2D eigenvalue weighted by atomic mass is 32.2. The van der Waals surface area contributed by atoms with E-state index in [9.17, 15) is 4.79 Å². The van der Waals surface area contributed by atoms with Crippen LogP contribution in [0.2, 0.25) is 0 Å². The van der Waals surface area contributed by atoms with E-state index in [1.54, 1.807) is 30.1 Å². The smallest absolute Gasteiger partial charge is 0.255 e. The van der Waals surface area contributed by atoms with E-state index in [2.05, 4.69) is 23.3 Å². The average Bonchev–Trinajstić information content (AvgIpc) is 3.00. The van der Waals surface area contributed by atoms with Gasteiger partial charge >= 0.3 is 0 Å². The Balaban J connectivity index is 1.72. The maximum Gasteiger partial charge on any atom is 0.255 e. The number of benzene rings is 2. The summed E-state index contributed by atoms with van der Waals surface area (Å²) in [6.45, 7) is 2.14. The Morgan fingerprint density at radius 1 is 1.17 bits per heavy atom. The van der Waals surface area contributed by atoms with Gasteiger partial charge in [-0.3, -0.25) is 4.79 Å². The third kappa shape index (κ3) is 3.86. The minimum absolute atomic E-state index is 0.0999. The number of carbonyl (C=O) groups excluding carboxylic acids is 1. The van der Waals surface area contributed by atoms with Crippen molar-refractivity contribution in [3.8, 4) is 0 Å². The monoisotopic (exact) mass is 337 g/mol. The van der Waals surface area contributed by atoms with Crippen LogP contribution < -0.4 is 5.32 Å². The number of thioether (sulfide) groups is 1. The van der Waals surface area contributed by atoms with E-state index < -0.39 is 0 Å². The Hall–Kier alpha value is -2.53. The van der Waals surface area contributed by atoms with Gasteiger partial charge in [-0.25, -0.2) is 4.98 Å². The van der Waals surface area contributed by atoms with E-state index in [0.29, 0.717) is 5.56 Å². The number of imidazole rings is 1. The number of amides is 1. The van der Waals surface area contributed by atoms with E-state index in [1.807, 2.05) is 54.2 Å². The Labute approximate surface area is 145 Å². The molecule has 0 spiro atoms. The SMILES string of the molecule is C[C@H](Sc1nccn1C)c1cccc(NC(=O)c2ccccc2)c1. The van der Waals surface area contributed by atoms with Crippen LogP contribution in [0.5, 0.6) is 0 Å². The normalized spacial score (nSPS) is 11.9. The Morgan fingerprint density at radius 2 is 1.96 bits per heavy atom. The first kappa shape index (κ1) is 16.3. The minimum atomic E-state index is -0.0999. The first-order valence-corrected chi connectivity index (χ1v) is 8.62. The number of carbonyl (C=O) groups is 1. The molecule has 0 saturated carbocycles. The largest absolute Gasteiger partial charge is 0.329 e. The van der Waals surface area contributed by atoms with Crippen LogP contribution in [0.3, 0.4) is 0 Å². The first-order chi connectivity index (χ1) is 11.6. The molecule has 1 atom stereocenters. The molecule has 5 heteroatoms. The van der Waals surface area contributed by atoms with Crippen molar-refractivity contribution in [1.29, 1.82) is 0 Å². The summed E-state index contributed by atoms with van der Waals surface area (Å²) in [7, 11) is 1.98. The maximum atomic E-state index is 12.3. The zero-order valence-corrected chi connectivity index (χ0v) is 14.5. The number of rotatable bonds is 5. The molecule has 3 rings (SSSR count). The van der Waals surface area contributed by atoms with Crippen LogP contribution in [0.4, 0.5) is 5.69 Å². The number of aryl methyl sites for hydroxylation is 1. The number of hydrogen-bond acceptors (Lipinski definition) is 3. The number of nitrogens with zero attached hydrogens (tertiary/aromatic N) is 2. The summed E-state index contributed by atoms with van der Waals surface area (Å²) in [6, 6.07) is 17.2. The fraction of sp³-hybridized carbons (Fsp3) is 0.158. The van der Waals surface area contributed by atoms with E-state index in [-0.39, 0.29) is 11.2 Å². The molecule has 0 saturated heterocycles. The Kier molecular flexibility index (Phi) is 5.01. The molecule has 0 unspecified atom stereocenters. The van der Waals surface area contributed by atoms with Crippen molar-refractivity contribution < 1.29 is 4.79 Å². The Bertz CT molecular complexity index is 829. The van der Waals surface area contributed by atoms with Crippen molar-refractivity contribution in [2.24, 2.45) is 7.05 Å². The number of nitrogens with one attached hydrogen (secondary N) is 1. The molecule has 24 heavy (non-hydrogen) atoms. The van der Waals surface area contributed by atoms with Gasteiger partial charge in [-0.2, -0.15) is 0 Å². The van der Waals surface area contributed by atoms with Crippen molar-refractivity contribution in [2.75, 3.05) is 5.32 Å². The summed E-state index contributed by atoms with van der Waals surface area (Å²) in [5.74, 6) is -0.0999. The van der Waals surface area contributed by atoms with Crippen LogP contribution in [0.25, 0.3) is 0 Å². The van der Waals surface area contributed by atoms with Crippen molar-refractivity contribution >= 4 is 23.4 Å². The maximum absolute atomic E-state index is 12.3. The summed E-state index contributed by atoms with van der Waals surface area (Å²) in [5, 5.41) is 4.16. The molecule has 0 aliphatic rings. The van der Waals surface area contributed by atoms with Gasteiger partial charge in [-0.05, 0) is 36.8 Å². The average molecular weight is 337 g/mol. The second kappa shape index (κ2) is 7.36. The molecule has 3 aromatic rings. The van der Waals surface area contributed by atoms with Gasteiger partial charge in [0.05, 0.1) is 0 Å². The number of hydrogen-bond donors (Lipinski definition) is 1. The van der Waals surface area contributed by atoms with Gasteiger partial charge < -0.3 is 9.88 Å². The summed E-state index contributed by atoms with van der Waals surface area (Å²) >= 11 is 1.69. The molecular formula is C19H19N3OS. The Morgan fingerprint density at radius 3 is 2.67 bits per heavy atom. The van der Waals surface area contributed by atoms with Crippen LogP contribution in [0, 0.1) is 0 Å². The molecule has 1 aromatic heterocycles. The summed E-state index contributed by atoms with van der Waals surface area (Å²) in [6.07, 6.45) is 3.73. The molecule has 0 radical (unpaired) electrons. The van der Waals surface area contributed by atoms with Crippen LogP contribution in [-0.2, 0) is 7.05 Å². The zero-order chi connectivity index (χ0) is 16.9. The lowest BCUT2D eigenvalue weighted by Gasteiger charge is -2.13. The van der Waals surface area contributed by atoms with Crippen molar-refractivity contribution in [1.82, 2.24) is 9.55 Å². The van der Waals surface area contributed by atoms with Crippen molar-refractivity contribution in [3.05, 3.63) is 78.1 Å². The number of anilines is 1. The summed E-state index contributed by atoms with van der Waals surface area (Å²) in [4.78, 5) is 16.6. The highest BCUT2D eigenvalue weighted by Gasteiger charge is 2.12. The lowest BCUT2D eigenvalue weighted by atomic mass is 10.1. The van der Waals surface area contributed by atoms with Gasteiger partial charge in [-0.15, -0.1) is 0 Å². The van der Waals surface area contributed by atoms with Crippen LogP contribution in [-0.4, -0.2) is 15.5 Å². The van der Waals surface area contributed by atoms with Crippen LogP contribution >= 0.6 is 11.8 Å². The molecule has 0 aliphatic carbocycles. The highest BCUT2D eigenvalue weighted by molar-refractivity contribution is 7.99. The zero-order valence-electron chi connectivity index (χ0n) is 13.6. The van der Waals surface area contributed by atoms with Gasteiger partial charge in [0, 0.05) is 35.9 Å². The van der Waals surface area contributed by atoms with E-state index in [1.165, 1.54) is 0 Å². The molecule has 1 amide bonds. The highest BCUT2D eigenvalue weighted by Crippen LogP contribution is 2.34. The third-order valence-electron chi connectivity index (χ3n) is 3.71. The minimum Gasteiger partial charge on any atom is -0.329 e. The van der Waals surface area contributed by atoms with Gasteiger partial charge in [0.2, 0.25) is 0 Å². The molecule has 0 aliphatic heterocycles. The quantitative estimate of drug-likeness (QED) is 0.696. The van der Waals surface area contributed by atoms with E-state index in [4.69, 9.17) is 0 Å². The van der Waals surface area contributed by atoms with Crippen molar-refractivity contribution in [3.63, 3.8) is 0 Å². The molecule has 0 bridgehead atoms. The molecule has 122 valence electrons. The summed E-state index contributed by atoms with van der Waals surface area (Å²) in [5.41, 5.74) is 2.60. The molecule has 2 aromatic carbocycles. The molecule has 4 nitrogen and oxygen atoms in total. The van der Waals surface area contributed by atoms with Crippen LogP contribution in [0.15, 0.2) is 72.1 Å². The lowest BCUT2D eigenvalue weighted by molar-refractivity contribution is 0.102. The predicted molar refractivity (Wildman–Crippen MR) is 98.3 cm³/mol. The van der Waals surface area contributed by atoms with Gasteiger partial charge in [-0.1, -0.05) is 42.1 Å². The topological polar surface area (TPSA) is 46.9 Å². The molecule has 0 fully saturated rings. The predicted octanol–water partition coefficient (Wildman–Crippen LogP) is 4.53. The molecule has 1 heterocycles. The second-order valence-electron chi connectivity index (χ2n) is 5.53. The summed E-state index contributed by atoms with van der Waals surface area (Å²) < 4.78 is 2.00. The molecular weight excluding hydrogens is 318 g/mol. The van der Waals surface area contributed by atoms with Crippen molar-refractivity contribution in [2.45, 2.75) is 17.3 Å². The van der Waals surface area contributed by atoms with Crippen LogP contribution in [0.1, 0.15) is 28.1 Å². The van der Waals surface area contributed by atoms with E-state index in [0.717, 1.165) is 16.4 Å². The lowest BCUT2D eigenvalue weighted by Crippen LogP contribution is -2.11. The fourth-order valence-electron chi connectivity index (χ4n) is 2.35. The fourth-order valence-corrected chi connectivity index (χ4v) is 3.30. The third-order valence-corrected chi connectivity index (χ3v) is 4.94. The standard InChI is InChI=1S/C19H19N3OS/c1-14(24-19-20-11-12-22(19)2)16-9-6-10-17(13-16)21-18(23)15-7-4-3-5-8-15/h3-14H,1-2H3,(H,21,23)/t14-/m0/s1. The second-order valence-corrected chi connectivity index (χ2v) is 6.83. The van der Waals surface area contributed by atoms with Gasteiger partial charge in [0.15, 0.2) is 5.16 Å². The van der Waals surface area contributed by atoms with E-state index >= 15 is 0 Å². The number of aromatic nitrogens is 2. The first-order valence-electron chi connectivity index (χ1n) is 7.74. The molecule has 1 N–H and O–H groups in total. The van der Waals surface area contributed by atoms with Gasteiger partial charge in [0.1, 0.15) is 0 Å².